The van der Waals surface area contributed by atoms with Crippen molar-refractivity contribution in [3.8, 4) is 0 Å². The Bertz CT molecular complexity index is 2020. The van der Waals surface area contributed by atoms with Gasteiger partial charge in [0, 0.05) is 6.42 Å². The summed E-state index contributed by atoms with van der Waals surface area (Å²) in [6.45, 7) is 2.66. The van der Waals surface area contributed by atoms with Crippen LogP contribution < -0.4 is 5.32 Å². The summed E-state index contributed by atoms with van der Waals surface area (Å²) in [6, 6.07) is -0.958. The lowest BCUT2D eigenvalue weighted by molar-refractivity contribution is -0.359. The van der Waals surface area contributed by atoms with E-state index in [1.165, 1.54) is 96.3 Å². The average molecular weight is 1260 g/mol. The maximum Gasteiger partial charge on any atom is 0.220 e. The first kappa shape index (κ1) is 82.2. The average Bonchev–Trinajstić information content (AvgIpc) is 1.42. The summed E-state index contributed by atoms with van der Waals surface area (Å²) in [4.78, 5) is 13.3. The number of nitrogens with one attached hydrogen (secondary N) is 1. The minimum Gasteiger partial charge on any atom is -0.394 e. The van der Waals surface area contributed by atoms with Crippen LogP contribution in [-0.4, -0.2) is 140 Å². The van der Waals surface area contributed by atoms with Gasteiger partial charge in [0.15, 0.2) is 12.6 Å². The Morgan fingerprint density at radius 2 is 0.778 bits per heavy atom. The lowest BCUT2D eigenvalue weighted by Crippen LogP contribution is -2.65. The van der Waals surface area contributed by atoms with E-state index in [0.717, 1.165) is 116 Å². The summed E-state index contributed by atoms with van der Waals surface area (Å²) in [5, 5.41) is 87.4. The van der Waals surface area contributed by atoms with Gasteiger partial charge in [0.05, 0.1) is 32.0 Å². The molecule has 0 saturated carbocycles. The number of hydrogen-bond donors (Lipinski definition) is 9. The highest BCUT2D eigenvalue weighted by Gasteiger charge is 2.51. The fraction of sp³-hybridized carbons (Fsp3) is 0.697. The molecule has 2 rings (SSSR count). The summed E-state index contributed by atoms with van der Waals surface area (Å²) in [5.74, 6) is -0.272. The van der Waals surface area contributed by atoms with Crippen molar-refractivity contribution in [2.75, 3.05) is 19.8 Å². The first-order chi connectivity index (χ1) is 44.1. The molecule has 12 unspecified atom stereocenters. The Hall–Kier alpha value is -3.87. The van der Waals surface area contributed by atoms with Crippen molar-refractivity contribution < 1.29 is 64.6 Å². The molecule has 14 nitrogen and oxygen atoms in total. The van der Waals surface area contributed by atoms with Crippen LogP contribution >= 0.6 is 0 Å². The first-order valence-electron chi connectivity index (χ1n) is 35.4. The third-order valence-electron chi connectivity index (χ3n) is 16.3. The van der Waals surface area contributed by atoms with E-state index in [0.29, 0.717) is 12.8 Å². The number of aliphatic hydroxyl groups excluding tert-OH is 8. The molecule has 0 aromatic rings. The first-order valence-corrected chi connectivity index (χ1v) is 35.4. The van der Waals surface area contributed by atoms with Gasteiger partial charge >= 0.3 is 0 Å². The van der Waals surface area contributed by atoms with E-state index in [1.807, 2.05) is 6.08 Å². The predicted molar refractivity (Wildman–Crippen MR) is 368 cm³/mol. The van der Waals surface area contributed by atoms with Gasteiger partial charge in [-0.05, 0) is 109 Å². The number of allylic oxidation sites excluding steroid dienone is 21. The van der Waals surface area contributed by atoms with Crippen LogP contribution in [0.3, 0.4) is 0 Å². The van der Waals surface area contributed by atoms with Gasteiger partial charge in [-0.1, -0.05) is 263 Å². The van der Waals surface area contributed by atoms with Gasteiger partial charge in [-0.3, -0.25) is 4.79 Å². The fourth-order valence-electron chi connectivity index (χ4n) is 10.7. The summed E-state index contributed by atoms with van der Waals surface area (Å²) < 4.78 is 22.8. The molecule has 1 amide bonds. The van der Waals surface area contributed by atoms with Crippen LogP contribution in [0.5, 0.6) is 0 Å². The van der Waals surface area contributed by atoms with E-state index in [9.17, 15) is 45.6 Å². The van der Waals surface area contributed by atoms with Crippen LogP contribution in [-0.2, 0) is 23.7 Å². The van der Waals surface area contributed by atoms with Gasteiger partial charge in [-0.25, -0.2) is 0 Å². The number of aliphatic hydroxyl groups is 8. The second-order valence-corrected chi connectivity index (χ2v) is 24.3. The van der Waals surface area contributed by atoms with Gasteiger partial charge in [0.2, 0.25) is 5.91 Å². The van der Waals surface area contributed by atoms with Crippen LogP contribution in [0.4, 0.5) is 0 Å². The largest absolute Gasteiger partial charge is 0.394 e. The minimum atomic E-state index is -1.80. The van der Waals surface area contributed by atoms with Gasteiger partial charge in [0.25, 0.3) is 0 Å². The molecule has 0 aliphatic carbocycles. The van der Waals surface area contributed by atoms with Crippen LogP contribution in [0.1, 0.15) is 245 Å². The van der Waals surface area contributed by atoms with Crippen molar-refractivity contribution in [2.45, 2.75) is 319 Å². The Kier molecular flexibility index (Phi) is 53.8. The van der Waals surface area contributed by atoms with E-state index < -0.39 is 86.8 Å². The number of hydrogen-bond acceptors (Lipinski definition) is 13. The Balaban J connectivity index is 1.73. The van der Waals surface area contributed by atoms with Crippen LogP contribution in [0.25, 0.3) is 0 Å². The third-order valence-corrected chi connectivity index (χ3v) is 16.3. The molecule has 2 fully saturated rings. The van der Waals surface area contributed by atoms with Crippen molar-refractivity contribution in [3.63, 3.8) is 0 Å². The lowest BCUT2D eigenvalue weighted by atomic mass is 9.97. The highest BCUT2D eigenvalue weighted by atomic mass is 16.7. The lowest BCUT2D eigenvalue weighted by Gasteiger charge is -2.46. The predicted octanol–water partition coefficient (Wildman–Crippen LogP) is 14.7. The summed E-state index contributed by atoms with van der Waals surface area (Å²) in [5.41, 5.74) is 0. The summed E-state index contributed by atoms with van der Waals surface area (Å²) in [7, 11) is 0. The highest BCUT2D eigenvalue weighted by Crippen LogP contribution is 2.30. The molecule has 0 bridgehead atoms. The normalized spacial score (nSPS) is 23.8. The molecule has 0 spiro atoms. The number of unbranched alkanes of at least 4 members (excludes halogenated alkanes) is 23. The molecule has 9 N–H and O–H groups in total. The molecule has 0 radical (unpaired) electrons. The molecular formula is C76H127NO13. The van der Waals surface area contributed by atoms with Crippen molar-refractivity contribution in [1.29, 1.82) is 0 Å². The smallest absolute Gasteiger partial charge is 0.220 e. The zero-order valence-electron chi connectivity index (χ0n) is 55.8. The van der Waals surface area contributed by atoms with Crippen molar-refractivity contribution in [1.82, 2.24) is 5.32 Å². The zero-order chi connectivity index (χ0) is 65.2. The third kappa shape index (κ3) is 42.4. The molecule has 14 heteroatoms. The number of ether oxygens (including phenoxy) is 4. The fourth-order valence-corrected chi connectivity index (χ4v) is 10.7. The number of carbonyl (C=O) groups excluding carboxylic acids is 1. The number of carbonyl (C=O) groups is 1. The van der Waals surface area contributed by atoms with Crippen LogP contribution in [0.15, 0.2) is 134 Å². The highest BCUT2D eigenvalue weighted by molar-refractivity contribution is 5.76. The minimum absolute atomic E-state index is 0.244. The molecule has 514 valence electrons. The van der Waals surface area contributed by atoms with E-state index in [4.69, 9.17) is 18.9 Å². The van der Waals surface area contributed by atoms with Gasteiger partial charge in [-0.2, -0.15) is 0 Å². The van der Waals surface area contributed by atoms with E-state index in [-0.39, 0.29) is 18.9 Å². The molecule has 12 atom stereocenters. The monoisotopic (exact) mass is 1260 g/mol. The second kappa shape index (κ2) is 58.9. The maximum atomic E-state index is 13.3. The molecule has 2 aliphatic heterocycles. The second-order valence-electron chi connectivity index (χ2n) is 24.3. The molecule has 0 aromatic heterocycles. The molecule has 0 aromatic carbocycles. The van der Waals surface area contributed by atoms with E-state index in [2.05, 4.69) is 141 Å². The van der Waals surface area contributed by atoms with E-state index >= 15 is 0 Å². The topological polar surface area (TPSA) is 228 Å². The molecule has 2 heterocycles. The summed E-state index contributed by atoms with van der Waals surface area (Å²) in [6.07, 6.45) is 70.7. The number of rotatable bonds is 56. The SMILES string of the molecule is CC/C=C\C/C=C\C/C=C\C/C=C\C/C=C\C/C=C\C/C=C\C/C=C\CCCCCCCCC(=O)NC(COC1OC(CO)C(OC2OC(CO)C(O)C(O)C2O)C(O)C1O)C(O)/C=C/CC/C=C/CC/C=C/CCCCCCCCCCCCCCCCC. The molecule has 90 heavy (non-hydrogen) atoms. The molecular weight excluding hydrogens is 1130 g/mol. The Labute approximate surface area is 545 Å². The maximum absolute atomic E-state index is 13.3. The van der Waals surface area contributed by atoms with Crippen LogP contribution in [0, 0.1) is 0 Å². The summed E-state index contributed by atoms with van der Waals surface area (Å²) >= 11 is 0. The Morgan fingerprint density at radius 3 is 1.22 bits per heavy atom. The van der Waals surface area contributed by atoms with Gasteiger partial charge in [-0.15, -0.1) is 0 Å². The zero-order valence-corrected chi connectivity index (χ0v) is 55.8. The molecule has 2 aliphatic rings. The standard InChI is InChI=1S/C76H127NO13/c1-3-5-7-9-11-13-15-17-19-21-23-25-27-29-30-31-32-33-34-36-38-40-42-44-46-48-50-52-54-56-58-60-68(81)77-64(63-87-75-73(86)71(84)74(67(62-79)89-75)90-76-72(85)70(83)69(82)66(61-78)88-76)65(80)59-57-55-53-51-49-47-45-43-41-39-37-35-28-26-24-22-20-18-16-14-12-10-8-6-4-2/h5,7,11,13,17,19,23,25,29-30,32-33,36,38,41-44,49,51,57,59,64-67,69-76,78-80,82-86H,3-4,6,8-10,12,14-16,18,20-22,24,26-28,31,34-35,37,39-40,45-48,50,52-56,58,60-63H2,1-2H3,(H,77,81)/b7-5-,13-11-,19-17-,25-23-,30-29-,33-32-,38-36-,43-41+,44-42-,51-49+,59-57+. The van der Waals surface area contributed by atoms with E-state index in [1.54, 1.807) is 6.08 Å². The van der Waals surface area contributed by atoms with Crippen LogP contribution in [0.2, 0.25) is 0 Å². The van der Waals surface area contributed by atoms with Crippen molar-refractivity contribution >= 4 is 5.91 Å². The number of amides is 1. The Morgan fingerprint density at radius 1 is 0.411 bits per heavy atom. The van der Waals surface area contributed by atoms with Gasteiger partial charge in [0.1, 0.15) is 48.8 Å². The molecule has 2 saturated heterocycles. The quantitative estimate of drug-likeness (QED) is 0.0204. The van der Waals surface area contributed by atoms with Crippen molar-refractivity contribution in [3.05, 3.63) is 134 Å². The van der Waals surface area contributed by atoms with Gasteiger partial charge < -0.3 is 65.1 Å². The van der Waals surface area contributed by atoms with Crippen molar-refractivity contribution in [2.24, 2.45) is 0 Å².